The van der Waals surface area contributed by atoms with Crippen LogP contribution in [0.3, 0.4) is 0 Å². The highest BCUT2D eigenvalue weighted by molar-refractivity contribution is 14.0. The Balaban J connectivity index is 0.00000512. The molecule has 0 aliphatic carbocycles. The summed E-state index contributed by atoms with van der Waals surface area (Å²) in [5, 5.41) is 6.59. The fourth-order valence-corrected chi connectivity index (χ4v) is 3.09. The Bertz CT molecular complexity index is 864. The van der Waals surface area contributed by atoms with E-state index in [1.54, 1.807) is 35.5 Å². The molecule has 1 atom stereocenters. The van der Waals surface area contributed by atoms with Crippen molar-refractivity contribution in [3.05, 3.63) is 42.0 Å². The predicted octanol–water partition coefficient (Wildman–Crippen LogP) is 3.51. The van der Waals surface area contributed by atoms with Crippen molar-refractivity contribution in [2.45, 2.75) is 19.4 Å². The molecule has 0 fully saturated rings. The molecule has 2 rings (SSSR count). The van der Waals surface area contributed by atoms with Crippen molar-refractivity contribution < 1.29 is 23.7 Å². The van der Waals surface area contributed by atoms with Crippen molar-refractivity contribution in [3.63, 3.8) is 0 Å². The van der Waals surface area contributed by atoms with E-state index in [0.29, 0.717) is 36.3 Å². The normalized spacial score (nSPS) is 11.6. The minimum absolute atomic E-state index is 0. The van der Waals surface area contributed by atoms with Crippen LogP contribution in [0.1, 0.15) is 12.5 Å². The highest BCUT2D eigenvalue weighted by Crippen LogP contribution is 2.39. The molecule has 32 heavy (non-hydrogen) atoms. The minimum atomic E-state index is -0.0587. The zero-order valence-electron chi connectivity index (χ0n) is 19.6. The Morgan fingerprint density at radius 3 is 2.25 bits per heavy atom. The van der Waals surface area contributed by atoms with Gasteiger partial charge in [-0.25, -0.2) is 0 Å². The van der Waals surface area contributed by atoms with Crippen molar-refractivity contribution in [1.82, 2.24) is 10.6 Å². The van der Waals surface area contributed by atoms with E-state index < -0.39 is 0 Å². The van der Waals surface area contributed by atoms with Crippen LogP contribution < -0.4 is 34.3 Å². The minimum Gasteiger partial charge on any atom is -0.497 e. The third-order valence-electron chi connectivity index (χ3n) is 4.63. The Morgan fingerprint density at radius 2 is 1.62 bits per heavy atom. The van der Waals surface area contributed by atoms with Crippen LogP contribution in [0.15, 0.2) is 41.4 Å². The quantitative estimate of drug-likeness (QED) is 0.248. The van der Waals surface area contributed by atoms with E-state index in [9.17, 15) is 0 Å². The van der Waals surface area contributed by atoms with Gasteiger partial charge in [-0.15, -0.1) is 24.0 Å². The first-order valence-electron chi connectivity index (χ1n) is 10.1. The largest absolute Gasteiger partial charge is 0.497 e. The molecule has 0 aromatic heterocycles. The lowest BCUT2D eigenvalue weighted by atomic mass is 10.1. The van der Waals surface area contributed by atoms with Gasteiger partial charge in [-0.2, -0.15) is 0 Å². The molecule has 0 heterocycles. The lowest BCUT2D eigenvalue weighted by Gasteiger charge is -2.19. The van der Waals surface area contributed by atoms with Crippen LogP contribution >= 0.6 is 24.0 Å². The molecule has 0 amide bonds. The molecular weight excluding hydrogens is 525 g/mol. The van der Waals surface area contributed by atoms with Gasteiger partial charge in [0.25, 0.3) is 0 Å². The number of nitrogens with one attached hydrogen (secondary N) is 2. The van der Waals surface area contributed by atoms with Gasteiger partial charge in [0.2, 0.25) is 5.75 Å². The van der Waals surface area contributed by atoms with E-state index in [1.807, 2.05) is 43.3 Å². The van der Waals surface area contributed by atoms with Crippen LogP contribution in [-0.2, 0) is 6.42 Å². The van der Waals surface area contributed by atoms with E-state index in [0.717, 1.165) is 23.5 Å². The molecule has 9 heteroatoms. The van der Waals surface area contributed by atoms with E-state index in [-0.39, 0.29) is 30.1 Å². The summed E-state index contributed by atoms with van der Waals surface area (Å²) in [5.41, 5.74) is 1.01. The van der Waals surface area contributed by atoms with Crippen molar-refractivity contribution in [2.75, 3.05) is 48.6 Å². The Kier molecular flexibility index (Phi) is 12.4. The Hall–Kier alpha value is -2.56. The highest BCUT2D eigenvalue weighted by atomic mass is 127. The Labute approximate surface area is 207 Å². The summed E-state index contributed by atoms with van der Waals surface area (Å²) >= 11 is 0. The lowest BCUT2D eigenvalue weighted by Crippen LogP contribution is -2.42. The summed E-state index contributed by atoms with van der Waals surface area (Å²) in [7, 11) is 8.20. The van der Waals surface area contributed by atoms with E-state index in [4.69, 9.17) is 23.7 Å². The second-order valence-electron chi connectivity index (χ2n) is 6.73. The molecule has 0 saturated heterocycles. The zero-order chi connectivity index (χ0) is 22.6. The second-order valence-corrected chi connectivity index (χ2v) is 6.73. The first kappa shape index (κ1) is 27.5. The first-order valence-corrected chi connectivity index (χ1v) is 10.1. The molecule has 0 bridgehead atoms. The zero-order valence-corrected chi connectivity index (χ0v) is 21.9. The number of halogens is 1. The third kappa shape index (κ3) is 7.85. The molecule has 178 valence electrons. The summed E-state index contributed by atoms with van der Waals surface area (Å²) in [4.78, 5) is 4.27. The smallest absolute Gasteiger partial charge is 0.203 e. The average molecular weight is 559 g/mol. The van der Waals surface area contributed by atoms with Crippen molar-refractivity contribution >= 4 is 29.9 Å². The molecule has 2 N–H and O–H groups in total. The van der Waals surface area contributed by atoms with Gasteiger partial charge in [-0.05, 0) is 31.5 Å². The molecule has 0 aliphatic heterocycles. The van der Waals surface area contributed by atoms with Crippen LogP contribution in [-0.4, -0.2) is 60.6 Å². The van der Waals surface area contributed by atoms with Crippen LogP contribution in [0.5, 0.6) is 28.7 Å². The number of benzene rings is 2. The molecule has 1 unspecified atom stereocenters. The van der Waals surface area contributed by atoms with Gasteiger partial charge in [0.15, 0.2) is 17.5 Å². The fraction of sp³-hybridized carbons (Fsp3) is 0.435. The van der Waals surface area contributed by atoms with Crippen molar-refractivity contribution in [1.29, 1.82) is 0 Å². The Morgan fingerprint density at radius 1 is 0.906 bits per heavy atom. The standard InChI is InChI=1S/C23H33N3O5.HI/c1-16(31-19-9-7-8-18(14-19)27-3)15-26-23(24-2)25-13-12-17-10-11-20(28-4)22(30-6)21(17)29-5;/h7-11,14,16H,12-13,15H2,1-6H3,(H2,24,25,26);1H. The summed E-state index contributed by atoms with van der Waals surface area (Å²) in [6.07, 6.45) is 0.664. The molecule has 0 saturated carbocycles. The number of rotatable bonds is 11. The lowest BCUT2D eigenvalue weighted by molar-refractivity contribution is 0.223. The summed E-state index contributed by atoms with van der Waals surface area (Å²) in [6.45, 7) is 3.25. The number of nitrogens with zero attached hydrogens (tertiary/aromatic N) is 1. The van der Waals surface area contributed by atoms with Gasteiger partial charge >= 0.3 is 0 Å². The van der Waals surface area contributed by atoms with Gasteiger partial charge in [0.1, 0.15) is 17.6 Å². The monoisotopic (exact) mass is 559 g/mol. The van der Waals surface area contributed by atoms with Gasteiger partial charge in [-0.3, -0.25) is 4.99 Å². The molecule has 8 nitrogen and oxygen atoms in total. The number of hydrogen-bond donors (Lipinski definition) is 2. The fourth-order valence-electron chi connectivity index (χ4n) is 3.09. The van der Waals surface area contributed by atoms with Crippen LogP contribution in [0, 0.1) is 0 Å². The predicted molar refractivity (Wildman–Crippen MR) is 138 cm³/mol. The van der Waals surface area contributed by atoms with Crippen molar-refractivity contribution in [3.8, 4) is 28.7 Å². The first-order chi connectivity index (χ1) is 15.1. The number of aliphatic imine (C=N–C) groups is 1. The number of hydrogen-bond acceptors (Lipinski definition) is 6. The SMILES string of the molecule is CN=C(NCCc1ccc(OC)c(OC)c1OC)NCC(C)Oc1cccc(OC)c1.I. The van der Waals surface area contributed by atoms with Crippen molar-refractivity contribution in [2.24, 2.45) is 4.99 Å². The van der Waals surface area contributed by atoms with Gasteiger partial charge < -0.3 is 34.3 Å². The maximum absolute atomic E-state index is 5.94. The molecule has 0 radical (unpaired) electrons. The highest BCUT2D eigenvalue weighted by Gasteiger charge is 2.15. The summed E-state index contributed by atoms with van der Waals surface area (Å²) in [5.74, 6) is 4.12. The molecule has 0 spiro atoms. The van der Waals surface area contributed by atoms with Gasteiger partial charge in [-0.1, -0.05) is 12.1 Å². The molecular formula is C23H34IN3O5. The topological polar surface area (TPSA) is 82.6 Å². The van der Waals surface area contributed by atoms with E-state index >= 15 is 0 Å². The maximum atomic E-state index is 5.94. The van der Waals surface area contributed by atoms with Crippen LogP contribution in [0.2, 0.25) is 0 Å². The van der Waals surface area contributed by atoms with E-state index in [1.165, 1.54) is 0 Å². The van der Waals surface area contributed by atoms with E-state index in [2.05, 4.69) is 15.6 Å². The van der Waals surface area contributed by atoms with Gasteiger partial charge in [0, 0.05) is 25.2 Å². The van der Waals surface area contributed by atoms with Crippen LogP contribution in [0.4, 0.5) is 0 Å². The molecule has 2 aromatic rings. The van der Waals surface area contributed by atoms with Crippen LogP contribution in [0.25, 0.3) is 0 Å². The number of guanidine groups is 1. The second kappa shape index (κ2) is 14.5. The number of ether oxygens (including phenoxy) is 5. The van der Waals surface area contributed by atoms with Gasteiger partial charge in [0.05, 0.1) is 35.0 Å². The third-order valence-corrected chi connectivity index (χ3v) is 4.63. The average Bonchev–Trinajstić information content (AvgIpc) is 2.80. The number of methoxy groups -OCH3 is 4. The molecule has 2 aromatic carbocycles. The maximum Gasteiger partial charge on any atom is 0.203 e. The summed E-state index contributed by atoms with van der Waals surface area (Å²) in [6, 6.07) is 11.4. The molecule has 0 aliphatic rings. The summed E-state index contributed by atoms with van der Waals surface area (Å²) < 4.78 is 27.5.